The van der Waals surface area contributed by atoms with Crippen LogP contribution in [0.1, 0.15) is 32.6 Å². The molecule has 0 aromatic rings. The smallest absolute Gasteiger partial charge is 0.307 e. The molecular formula is C12H23NO2S. The summed E-state index contributed by atoms with van der Waals surface area (Å²) in [6.45, 7) is 4.44. The molecule has 0 aliphatic carbocycles. The van der Waals surface area contributed by atoms with Crippen LogP contribution < -0.4 is 0 Å². The fourth-order valence-electron chi connectivity index (χ4n) is 2.19. The molecule has 1 unspecified atom stereocenters. The molecule has 0 saturated carbocycles. The van der Waals surface area contributed by atoms with E-state index in [1.54, 1.807) is 0 Å². The molecule has 0 spiro atoms. The lowest BCUT2D eigenvalue weighted by Gasteiger charge is -2.35. The minimum atomic E-state index is -0.0694. The van der Waals surface area contributed by atoms with Gasteiger partial charge in [-0.25, -0.2) is 0 Å². The van der Waals surface area contributed by atoms with Crippen molar-refractivity contribution in [3.05, 3.63) is 0 Å². The molecule has 1 rings (SSSR count). The second kappa shape index (κ2) is 7.96. The van der Waals surface area contributed by atoms with E-state index in [1.165, 1.54) is 31.5 Å². The Morgan fingerprint density at radius 3 is 3.00 bits per heavy atom. The van der Waals surface area contributed by atoms with E-state index in [2.05, 4.69) is 11.8 Å². The van der Waals surface area contributed by atoms with Gasteiger partial charge in [0.2, 0.25) is 0 Å². The summed E-state index contributed by atoms with van der Waals surface area (Å²) in [5, 5.41) is 0. The van der Waals surface area contributed by atoms with Crippen LogP contribution in [0.15, 0.2) is 0 Å². The molecule has 1 aliphatic rings. The van der Waals surface area contributed by atoms with Crippen molar-refractivity contribution in [3.63, 3.8) is 0 Å². The second-order valence-corrected chi connectivity index (χ2v) is 5.56. The lowest BCUT2D eigenvalue weighted by Crippen LogP contribution is -2.42. The van der Waals surface area contributed by atoms with Crippen LogP contribution in [-0.2, 0) is 9.53 Å². The number of esters is 1. The van der Waals surface area contributed by atoms with E-state index in [0.29, 0.717) is 12.5 Å². The van der Waals surface area contributed by atoms with Crippen molar-refractivity contribution in [2.75, 3.05) is 31.7 Å². The van der Waals surface area contributed by atoms with E-state index in [1.807, 2.05) is 11.8 Å². The standard InChI is InChI=1S/C12H23NO2S/c1-3-16-9-8-13-7-5-4-6-11(13)10-12(14)15-2/h11H,3-10H2,1-2H3. The first-order valence-electron chi connectivity index (χ1n) is 6.16. The summed E-state index contributed by atoms with van der Waals surface area (Å²) in [6, 6.07) is 0.415. The predicted octanol–water partition coefficient (Wildman–Crippen LogP) is 2.16. The molecule has 4 heteroatoms. The van der Waals surface area contributed by atoms with Crippen LogP contribution in [0.25, 0.3) is 0 Å². The van der Waals surface area contributed by atoms with E-state index in [-0.39, 0.29) is 5.97 Å². The third-order valence-electron chi connectivity index (χ3n) is 3.11. The number of carbonyl (C=O) groups excluding carboxylic acids is 1. The van der Waals surface area contributed by atoms with Gasteiger partial charge in [-0.3, -0.25) is 9.69 Å². The summed E-state index contributed by atoms with van der Waals surface area (Å²) in [5.41, 5.74) is 0. The van der Waals surface area contributed by atoms with Crippen molar-refractivity contribution in [1.29, 1.82) is 0 Å². The second-order valence-electron chi connectivity index (χ2n) is 4.16. The van der Waals surface area contributed by atoms with Crippen LogP contribution >= 0.6 is 11.8 Å². The predicted molar refractivity (Wildman–Crippen MR) is 68.8 cm³/mol. The third kappa shape index (κ3) is 4.74. The molecule has 1 aliphatic heterocycles. The van der Waals surface area contributed by atoms with Gasteiger partial charge < -0.3 is 4.74 Å². The van der Waals surface area contributed by atoms with E-state index >= 15 is 0 Å². The largest absolute Gasteiger partial charge is 0.469 e. The molecule has 0 N–H and O–H groups in total. The SMILES string of the molecule is CCSCCN1CCCCC1CC(=O)OC. The molecule has 3 nitrogen and oxygen atoms in total. The highest BCUT2D eigenvalue weighted by atomic mass is 32.2. The maximum Gasteiger partial charge on any atom is 0.307 e. The zero-order valence-electron chi connectivity index (χ0n) is 10.4. The van der Waals surface area contributed by atoms with Crippen LogP contribution in [0.5, 0.6) is 0 Å². The Bertz CT molecular complexity index is 211. The summed E-state index contributed by atoms with van der Waals surface area (Å²) in [4.78, 5) is 13.8. The van der Waals surface area contributed by atoms with Crippen molar-refractivity contribution < 1.29 is 9.53 Å². The van der Waals surface area contributed by atoms with Gasteiger partial charge in [0, 0.05) is 18.3 Å². The third-order valence-corrected chi connectivity index (χ3v) is 3.99. The highest BCUT2D eigenvalue weighted by Crippen LogP contribution is 2.20. The lowest BCUT2D eigenvalue weighted by atomic mass is 9.99. The fourth-order valence-corrected chi connectivity index (χ4v) is 2.84. The van der Waals surface area contributed by atoms with E-state index in [0.717, 1.165) is 19.5 Å². The average molecular weight is 245 g/mol. The summed E-state index contributed by atoms with van der Waals surface area (Å²) in [5.74, 6) is 2.28. The number of methoxy groups -OCH3 is 1. The van der Waals surface area contributed by atoms with Crippen molar-refractivity contribution in [2.45, 2.75) is 38.6 Å². The van der Waals surface area contributed by atoms with Gasteiger partial charge in [0.05, 0.1) is 13.5 Å². The minimum absolute atomic E-state index is 0.0694. The number of hydrogen-bond donors (Lipinski definition) is 0. The van der Waals surface area contributed by atoms with Crippen molar-refractivity contribution >= 4 is 17.7 Å². The zero-order valence-corrected chi connectivity index (χ0v) is 11.2. The number of nitrogens with zero attached hydrogens (tertiary/aromatic N) is 1. The number of piperidine rings is 1. The van der Waals surface area contributed by atoms with Crippen LogP contribution in [0.2, 0.25) is 0 Å². The van der Waals surface area contributed by atoms with Crippen molar-refractivity contribution in [2.24, 2.45) is 0 Å². The molecule has 0 radical (unpaired) electrons. The van der Waals surface area contributed by atoms with Crippen LogP contribution in [0.4, 0.5) is 0 Å². The van der Waals surface area contributed by atoms with Gasteiger partial charge in [-0.15, -0.1) is 0 Å². The van der Waals surface area contributed by atoms with Crippen LogP contribution in [0.3, 0.4) is 0 Å². The van der Waals surface area contributed by atoms with E-state index in [4.69, 9.17) is 4.74 Å². The molecule has 1 heterocycles. The molecule has 1 fully saturated rings. The molecule has 94 valence electrons. The average Bonchev–Trinajstić information content (AvgIpc) is 2.31. The monoisotopic (exact) mass is 245 g/mol. The Morgan fingerprint density at radius 2 is 2.31 bits per heavy atom. The van der Waals surface area contributed by atoms with Gasteiger partial charge >= 0.3 is 5.97 Å². The number of carbonyl (C=O) groups is 1. The first-order valence-corrected chi connectivity index (χ1v) is 7.32. The Balaban J connectivity index is 2.34. The van der Waals surface area contributed by atoms with Gasteiger partial charge in [-0.2, -0.15) is 11.8 Å². The molecule has 0 bridgehead atoms. The number of thioether (sulfide) groups is 1. The molecule has 1 atom stereocenters. The van der Waals surface area contributed by atoms with Crippen molar-refractivity contribution in [3.8, 4) is 0 Å². The number of hydrogen-bond acceptors (Lipinski definition) is 4. The van der Waals surface area contributed by atoms with Gasteiger partial charge in [0.15, 0.2) is 0 Å². The quantitative estimate of drug-likeness (QED) is 0.530. The van der Waals surface area contributed by atoms with Gasteiger partial charge in [0.1, 0.15) is 0 Å². The number of rotatable bonds is 6. The molecule has 0 aromatic heterocycles. The van der Waals surface area contributed by atoms with E-state index in [9.17, 15) is 4.79 Å². The number of ether oxygens (including phenoxy) is 1. The highest BCUT2D eigenvalue weighted by molar-refractivity contribution is 7.99. The molecule has 0 aromatic carbocycles. The summed E-state index contributed by atoms with van der Waals surface area (Å²) in [6.07, 6.45) is 4.23. The maximum atomic E-state index is 11.3. The fraction of sp³-hybridized carbons (Fsp3) is 0.917. The molecule has 1 saturated heterocycles. The van der Waals surface area contributed by atoms with Crippen molar-refractivity contribution in [1.82, 2.24) is 4.90 Å². The van der Waals surface area contributed by atoms with Gasteiger partial charge in [-0.1, -0.05) is 13.3 Å². The lowest BCUT2D eigenvalue weighted by molar-refractivity contribution is -0.142. The molecule has 16 heavy (non-hydrogen) atoms. The topological polar surface area (TPSA) is 29.5 Å². The first kappa shape index (κ1) is 13.8. The summed E-state index contributed by atoms with van der Waals surface area (Å²) < 4.78 is 4.76. The Labute approximate surface area is 103 Å². The van der Waals surface area contributed by atoms with Gasteiger partial charge in [0.25, 0.3) is 0 Å². The Morgan fingerprint density at radius 1 is 1.50 bits per heavy atom. The van der Waals surface area contributed by atoms with Crippen LogP contribution in [-0.4, -0.2) is 48.6 Å². The van der Waals surface area contributed by atoms with Gasteiger partial charge in [-0.05, 0) is 25.1 Å². The first-order chi connectivity index (χ1) is 7.77. The normalized spacial score (nSPS) is 22.0. The summed E-state index contributed by atoms with van der Waals surface area (Å²) in [7, 11) is 1.47. The van der Waals surface area contributed by atoms with Crippen LogP contribution in [0, 0.1) is 0 Å². The zero-order chi connectivity index (χ0) is 11.8. The Kier molecular flexibility index (Phi) is 6.88. The molecule has 0 amide bonds. The molecular weight excluding hydrogens is 222 g/mol. The highest BCUT2D eigenvalue weighted by Gasteiger charge is 2.24. The van der Waals surface area contributed by atoms with E-state index < -0.39 is 0 Å². The number of likely N-dealkylation sites (tertiary alicyclic amines) is 1. The minimum Gasteiger partial charge on any atom is -0.469 e. The summed E-state index contributed by atoms with van der Waals surface area (Å²) >= 11 is 1.97. The Hall–Kier alpha value is -0.220. The maximum absolute atomic E-state index is 11.3.